The van der Waals surface area contributed by atoms with Gasteiger partial charge >= 0.3 is 0 Å². The Morgan fingerprint density at radius 1 is 1.47 bits per heavy atom. The van der Waals surface area contributed by atoms with Crippen molar-refractivity contribution < 1.29 is 14.0 Å². The molecule has 1 aromatic carbocycles. The fourth-order valence-electron chi connectivity index (χ4n) is 2.61. The van der Waals surface area contributed by atoms with Gasteiger partial charge in [0.1, 0.15) is 11.4 Å². The molecule has 3 rings (SSSR count). The van der Waals surface area contributed by atoms with Gasteiger partial charge in [0.15, 0.2) is 5.82 Å². The molecule has 0 amide bonds. The fraction of sp³-hybridized carbons (Fsp3) is 0.538. The molecule has 1 fully saturated rings. The van der Waals surface area contributed by atoms with Crippen molar-refractivity contribution in [3.8, 4) is 5.75 Å². The van der Waals surface area contributed by atoms with E-state index in [-0.39, 0.29) is 11.4 Å². The van der Waals surface area contributed by atoms with Crippen LogP contribution in [0.1, 0.15) is 25.3 Å². The van der Waals surface area contributed by atoms with Gasteiger partial charge in [-0.3, -0.25) is 10.3 Å². The SMILES string of the molecule is CONc1cc2c(cc1F)OC(C)(C1CC1)C2. The van der Waals surface area contributed by atoms with Gasteiger partial charge in [0.25, 0.3) is 0 Å². The Morgan fingerprint density at radius 3 is 2.88 bits per heavy atom. The van der Waals surface area contributed by atoms with E-state index < -0.39 is 0 Å². The maximum atomic E-state index is 13.7. The van der Waals surface area contributed by atoms with Crippen molar-refractivity contribution in [1.29, 1.82) is 0 Å². The molecular formula is C13H16FNO2. The maximum absolute atomic E-state index is 13.7. The summed E-state index contributed by atoms with van der Waals surface area (Å²) in [5, 5.41) is 0. The van der Waals surface area contributed by atoms with Gasteiger partial charge in [-0.2, -0.15) is 0 Å². The van der Waals surface area contributed by atoms with Crippen LogP contribution >= 0.6 is 0 Å². The van der Waals surface area contributed by atoms with E-state index in [1.54, 1.807) is 6.07 Å². The van der Waals surface area contributed by atoms with Gasteiger partial charge in [-0.1, -0.05) is 0 Å². The fourth-order valence-corrected chi connectivity index (χ4v) is 2.61. The van der Waals surface area contributed by atoms with Gasteiger partial charge in [0.05, 0.1) is 12.8 Å². The quantitative estimate of drug-likeness (QED) is 0.820. The first-order chi connectivity index (χ1) is 8.12. The lowest BCUT2D eigenvalue weighted by Crippen LogP contribution is -2.32. The first-order valence-corrected chi connectivity index (χ1v) is 5.93. The Morgan fingerprint density at radius 2 is 2.24 bits per heavy atom. The van der Waals surface area contributed by atoms with Gasteiger partial charge in [-0.05, 0) is 31.7 Å². The number of fused-ring (bicyclic) bond motifs is 1. The summed E-state index contributed by atoms with van der Waals surface area (Å²) in [5.74, 6) is 0.959. The van der Waals surface area contributed by atoms with E-state index in [9.17, 15) is 4.39 Å². The molecule has 0 radical (unpaired) electrons. The number of ether oxygens (including phenoxy) is 1. The maximum Gasteiger partial charge on any atom is 0.152 e. The Labute approximate surface area is 99.9 Å². The second-order valence-corrected chi connectivity index (χ2v) is 5.11. The largest absolute Gasteiger partial charge is 0.487 e. The van der Waals surface area contributed by atoms with Crippen molar-refractivity contribution >= 4 is 5.69 Å². The number of anilines is 1. The molecule has 17 heavy (non-hydrogen) atoms. The molecule has 1 aliphatic heterocycles. The van der Waals surface area contributed by atoms with Crippen molar-refractivity contribution in [2.24, 2.45) is 5.92 Å². The molecule has 1 unspecified atom stereocenters. The molecule has 1 saturated carbocycles. The zero-order valence-corrected chi connectivity index (χ0v) is 10.0. The molecule has 1 atom stereocenters. The van der Waals surface area contributed by atoms with E-state index in [1.807, 2.05) is 0 Å². The lowest BCUT2D eigenvalue weighted by atomic mass is 9.94. The summed E-state index contributed by atoms with van der Waals surface area (Å²) < 4.78 is 19.6. The molecule has 1 aromatic rings. The first kappa shape index (κ1) is 10.8. The predicted octanol–water partition coefficient (Wildman–Crippen LogP) is 2.90. The predicted molar refractivity (Wildman–Crippen MR) is 62.5 cm³/mol. The molecule has 3 nitrogen and oxygen atoms in total. The van der Waals surface area contributed by atoms with Gasteiger partial charge < -0.3 is 4.74 Å². The highest BCUT2D eigenvalue weighted by Gasteiger charge is 2.47. The molecule has 0 saturated heterocycles. The van der Waals surface area contributed by atoms with Crippen LogP contribution in [0.3, 0.4) is 0 Å². The van der Waals surface area contributed by atoms with Gasteiger partial charge in [0, 0.05) is 18.1 Å². The Kier molecular flexibility index (Phi) is 2.30. The van der Waals surface area contributed by atoms with Crippen molar-refractivity contribution in [3.63, 3.8) is 0 Å². The summed E-state index contributed by atoms with van der Waals surface area (Å²) in [4.78, 5) is 4.75. The van der Waals surface area contributed by atoms with E-state index >= 15 is 0 Å². The summed E-state index contributed by atoms with van der Waals surface area (Å²) in [6.45, 7) is 2.12. The Hall–Kier alpha value is -1.29. The van der Waals surface area contributed by atoms with Crippen molar-refractivity contribution in [2.45, 2.75) is 31.8 Å². The number of benzene rings is 1. The van der Waals surface area contributed by atoms with Gasteiger partial charge in [-0.15, -0.1) is 0 Å². The first-order valence-electron chi connectivity index (χ1n) is 5.93. The van der Waals surface area contributed by atoms with Crippen LogP contribution in [0.4, 0.5) is 10.1 Å². The lowest BCUT2D eigenvalue weighted by Gasteiger charge is -2.23. The highest BCUT2D eigenvalue weighted by molar-refractivity contribution is 5.53. The number of halogens is 1. The molecule has 1 heterocycles. The zero-order valence-electron chi connectivity index (χ0n) is 10.0. The van der Waals surface area contributed by atoms with E-state index in [1.165, 1.54) is 26.0 Å². The van der Waals surface area contributed by atoms with E-state index in [4.69, 9.17) is 9.57 Å². The number of nitrogens with one attached hydrogen (secondary N) is 1. The van der Waals surface area contributed by atoms with Crippen LogP contribution in [0.2, 0.25) is 0 Å². The number of rotatable bonds is 3. The zero-order chi connectivity index (χ0) is 12.0. The average molecular weight is 237 g/mol. The summed E-state index contributed by atoms with van der Waals surface area (Å²) in [6.07, 6.45) is 3.29. The number of hydrogen-bond donors (Lipinski definition) is 1. The van der Waals surface area contributed by atoms with Gasteiger partial charge in [0.2, 0.25) is 0 Å². The highest BCUT2D eigenvalue weighted by Crippen LogP contribution is 2.49. The average Bonchev–Trinajstić information content (AvgIpc) is 3.05. The van der Waals surface area contributed by atoms with Crippen molar-refractivity contribution in [2.75, 3.05) is 12.6 Å². The number of hydrogen-bond acceptors (Lipinski definition) is 3. The van der Waals surface area contributed by atoms with E-state index in [2.05, 4.69) is 12.4 Å². The summed E-state index contributed by atoms with van der Waals surface area (Å²) in [6, 6.07) is 3.23. The van der Waals surface area contributed by atoms with E-state index in [0.29, 0.717) is 17.4 Å². The topological polar surface area (TPSA) is 30.5 Å². The second-order valence-electron chi connectivity index (χ2n) is 5.11. The smallest absolute Gasteiger partial charge is 0.152 e. The van der Waals surface area contributed by atoms with Crippen LogP contribution in [0, 0.1) is 11.7 Å². The van der Waals surface area contributed by atoms with Crippen LogP contribution in [0.5, 0.6) is 5.75 Å². The Balaban J connectivity index is 1.91. The van der Waals surface area contributed by atoms with E-state index in [0.717, 1.165) is 12.0 Å². The normalized spacial score (nSPS) is 26.5. The van der Waals surface area contributed by atoms with Crippen LogP contribution in [0.25, 0.3) is 0 Å². The summed E-state index contributed by atoms with van der Waals surface area (Å²) in [5.41, 5.74) is 3.83. The molecule has 4 heteroatoms. The molecule has 0 spiro atoms. The third-order valence-corrected chi connectivity index (χ3v) is 3.69. The second kappa shape index (κ2) is 3.60. The molecule has 1 N–H and O–H groups in total. The molecule has 1 aliphatic carbocycles. The van der Waals surface area contributed by atoms with Crippen LogP contribution < -0.4 is 10.2 Å². The standard InChI is InChI=1S/C13H16FNO2/c1-13(9-3-4-9)7-8-5-11(15-16-2)10(14)6-12(8)17-13/h5-6,9,15H,3-4,7H2,1-2H3. The summed E-state index contributed by atoms with van der Waals surface area (Å²) in [7, 11) is 1.47. The minimum absolute atomic E-state index is 0.138. The third-order valence-electron chi connectivity index (χ3n) is 3.69. The minimum Gasteiger partial charge on any atom is -0.487 e. The van der Waals surface area contributed by atoms with Crippen LogP contribution in [0.15, 0.2) is 12.1 Å². The van der Waals surface area contributed by atoms with Gasteiger partial charge in [-0.25, -0.2) is 4.39 Å². The molecule has 0 aromatic heterocycles. The lowest BCUT2D eigenvalue weighted by molar-refractivity contribution is 0.0906. The minimum atomic E-state index is -0.342. The van der Waals surface area contributed by atoms with Crippen molar-refractivity contribution in [3.05, 3.63) is 23.5 Å². The molecule has 0 bridgehead atoms. The molecular weight excluding hydrogens is 221 g/mol. The van der Waals surface area contributed by atoms with Crippen LogP contribution in [-0.2, 0) is 11.3 Å². The molecule has 2 aliphatic rings. The highest BCUT2D eigenvalue weighted by atomic mass is 19.1. The summed E-state index contributed by atoms with van der Waals surface area (Å²) >= 11 is 0. The monoisotopic (exact) mass is 237 g/mol. The Bertz CT molecular complexity index is 459. The third kappa shape index (κ3) is 1.76. The van der Waals surface area contributed by atoms with Crippen molar-refractivity contribution in [1.82, 2.24) is 0 Å². The molecule has 92 valence electrons. The van der Waals surface area contributed by atoms with Crippen LogP contribution in [-0.4, -0.2) is 12.7 Å².